The highest BCUT2D eigenvalue weighted by atomic mass is 16.5. The van der Waals surface area contributed by atoms with E-state index in [0.29, 0.717) is 19.6 Å². The van der Waals surface area contributed by atoms with Crippen molar-refractivity contribution in [3.63, 3.8) is 0 Å². The molecule has 0 aromatic heterocycles. The second-order valence-corrected chi connectivity index (χ2v) is 5.60. The predicted molar refractivity (Wildman–Crippen MR) is 79.3 cm³/mol. The average Bonchev–Trinajstić information content (AvgIpc) is 2.47. The van der Waals surface area contributed by atoms with Gasteiger partial charge in [0.1, 0.15) is 0 Å². The van der Waals surface area contributed by atoms with Gasteiger partial charge in [-0.25, -0.2) is 0 Å². The second kappa shape index (κ2) is 9.78. The van der Waals surface area contributed by atoms with Crippen LogP contribution in [0.15, 0.2) is 0 Å². The molecule has 1 saturated heterocycles. The van der Waals surface area contributed by atoms with Crippen LogP contribution in [0, 0.1) is 5.92 Å². The lowest BCUT2D eigenvalue weighted by atomic mass is 9.97. The molecular formula is C16H29NO3. The molecule has 4 nitrogen and oxygen atoms in total. The van der Waals surface area contributed by atoms with Crippen LogP contribution in [0.2, 0.25) is 0 Å². The fourth-order valence-electron chi connectivity index (χ4n) is 2.69. The first-order valence-electron chi connectivity index (χ1n) is 8.13. The first-order valence-corrected chi connectivity index (χ1v) is 8.13. The minimum atomic E-state index is -0.145. The molecule has 1 aliphatic heterocycles. The zero-order valence-corrected chi connectivity index (χ0v) is 13.0. The van der Waals surface area contributed by atoms with Crippen molar-refractivity contribution in [3.8, 4) is 0 Å². The third kappa shape index (κ3) is 5.93. The highest BCUT2D eigenvalue weighted by molar-refractivity contribution is 5.78. The lowest BCUT2D eigenvalue weighted by Crippen LogP contribution is -2.42. The van der Waals surface area contributed by atoms with Crippen molar-refractivity contribution < 1.29 is 14.3 Å². The van der Waals surface area contributed by atoms with Crippen molar-refractivity contribution >= 4 is 11.9 Å². The van der Waals surface area contributed by atoms with Crippen LogP contribution in [0.3, 0.4) is 0 Å². The first-order chi connectivity index (χ1) is 9.69. The Bertz CT molecular complexity index is 304. The van der Waals surface area contributed by atoms with Crippen molar-refractivity contribution in [2.75, 3.05) is 19.7 Å². The van der Waals surface area contributed by atoms with E-state index in [0.717, 1.165) is 32.2 Å². The molecule has 116 valence electrons. The summed E-state index contributed by atoms with van der Waals surface area (Å²) in [5.41, 5.74) is 0. The Morgan fingerprint density at radius 2 is 1.90 bits per heavy atom. The number of carbonyl (C=O) groups excluding carboxylic acids is 2. The quantitative estimate of drug-likeness (QED) is 0.508. The number of esters is 1. The molecule has 4 heteroatoms. The Kier molecular flexibility index (Phi) is 8.31. The summed E-state index contributed by atoms with van der Waals surface area (Å²) >= 11 is 0. The van der Waals surface area contributed by atoms with Gasteiger partial charge in [-0.2, -0.15) is 0 Å². The number of rotatable bonds is 8. The SMILES string of the molecule is CCCCCCCC(=O)N1CCC[C@H](C(=O)OCC)C1. The third-order valence-electron chi connectivity index (χ3n) is 3.89. The molecule has 0 aromatic carbocycles. The molecule has 0 saturated carbocycles. The van der Waals surface area contributed by atoms with Crippen LogP contribution in [0.4, 0.5) is 0 Å². The maximum atomic E-state index is 12.1. The van der Waals surface area contributed by atoms with Gasteiger partial charge in [0, 0.05) is 19.5 Å². The number of piperidine rings is 1. The summed E-state index contributed by atoms with van der Waals surface area (Å²) in [5, 5.41) is 0. The molecule has 0 spiro atoms. The minimum absolute atomic E-state index is 0.118. The molecule has 1 atom stereocenters. The molecule has 0 radical (unpaired) electrons. The Hall–Kier alpha value is -1.06. The summed E-state index contributed by atoms with van der Waals surface area (Å²) in [6.07, 6.45) is 8.18. The molecule has 1 amide bonds. The van der Waals surface area contributed by atoms with Crippen LogP contribution in [-0.4, -0.2) is 36.5 Å². The molecule has 1 fully saturated rings. The molecule has 1 heterocycles. The molecule has 0 bridgehead atoms. The van der Waals surface area contributed by atoms with Crippen LogP contribution < -0.4 is 0 Å². The molecule has 0 unspecified atom stereocenters. The molecule has 0 N–H and O–H groups in total. The van der Waals surface area contributed by atoms with E-state index < -0.39 is 0 Å². The van der Waals surface area contributed by atoms with E-state index >= 15 is 0 Å². The third-order valence-corrected chi connectivity index (χ3v) is 3.89. The Morgan fingerprint density at radius 3 is 2.60 bits per heavy atom. The lowest BCUT2D eigenvalue weighted by Gasteiger charge is -2.31. The van der Waals surface area contributed by atoms with Gasteiger partial charge in [0.25, 0.3) is 0 Å². The summed E-state index contributed by atoms with van der Waals surface area (Å²) in [7, 11) is 0. The van der Waals surface area contributed by atoms with Gasteiger partial charge in [0.15, 0.2) is 0 Å². The Morgan fingerprint density at radius 1 is 1.15 bits per heavy atom. The van der Waals surface area contributed by atoms with Crippen LogP contribution in [0.5, 0.6) is 0 Å². The smallest absolute Gasteiger partial charge is 0.310 e. The van der Waals surface area contributed by atoms with Gasteiger partial charge >= 0.3 is 5.97 Å². The minimum Gasteiger partial charge on any atom is -0.466 e. The monoisotopic (exact) mass is 283 g/mol. The summed E-state index contributed by atoms with van der Waals surface area (Å²) in [5.74, 6) is -0.0591. The van der Waals surface area contributed by atoms with Crippen LogP contribution >= 0.6 is 0 Å². The number of amides is 1. The van der Waals surface area contributed by atoms with Gasteiger partial charge < -0.3 is 9.64 Å². The topological polar surface area (TPSA) is 46.6 Å². The molecule has 1 rings (SSSR count). The molecule has 1 aliphatic rings. The van der Waals surface area contributed by atoms with E-state index in [1.165, 1.54) is 19.3 Å². The average molecular weight is 283 g/mol. The number of nitrogens with zero attached hydrogens (tertiary/aromatic N) is 1. The van der Waals surface area contributed by atoms with Crippen molar-refractivity contribution in [3.05, 3.63) is 0 Å². The summed E-state index contributed by atoms with van der Waals surface area (Å²) in [6.45, 7) is 5.77. The molecule has 20 heavy (non-hydrogen) atoms. The fourth-order valence-corrected chi connectivity index (χ4v) is 2.69. The molecule has 0 aromatic rings. The number of likely N-dealkylation sites (tertiary alicyclic amines) is 1. The summed E-state index contributed by atoms with van der Waals surface area (Å²) in [6, 6.07) is 0. The summed E-state index contributed by atoms with van der Waals surface area (Å²) < 4.78 is 5.06. The van der Waals surface area contributed by atoms with E-state index in [9.17, 15) is 9.59 Å². The van der Waals surface area contributed by atoms with E-state index in [1.54, 1.807) is 0 Å². The Labute approximate surface area is 122 Å². The normalized spacial score (nSPS) is 18.9. The first kappa shape index (κ1) is 17.0. The summed E-state index contributed by atoms with van der Waals surface area (Å²) in [4.78, 5) is 25.7. The largest absolute Gasteiger partial charge is 0.466 e. The zero-order chi connectivity index (χ0) is 14.8. The maximum absolute atomic E-state index is 12.1. The van der Waals surface area contributed by atoms with Gasteiger partial charge in [-0.3, -0.25) is 9.59 Å². The molecular weight excluding hydrogens is 254 g/mol. The van der Waals surface area contributed by atoms with Gasteiger partial charge in [0.2, 0.25) is 5.91 Å². The van der Waals surface area contributed by atoms with Crippen molar-refractivity contribution in [1.82, 2.24) is 4.90 Å². The fraction of sp³-hybridized carbons (Fsp3) is 0.875. The van der Waals surface area contributed by atoms with Gasteiger partial charge in [0.05, 0.1) is 12.5 Å². The van der Waals surface area contributed by atoms with E-state index in [4.69, 9.17) is 4.74 Å². The number of ether oxygens (including phenoxy) is 1. The number of carbonyl (C=O) groups is 2. The van der Waals surface area contributed by atoms with Gasteiger partial charge in [-0.05, 0) is 26.2 Å². The van der Waals surface area contributed by atoms with E-state index in [-0.39, 0.29) is 17.8 Å². The highest BCUT2D eigenvalue weighted by Gasteiger charge is 2.28. The van der Waals surface area contributed by atoms with Crippen molar-refractivity contribution in [2.45, 2.75) is 65.2 Å². The van der Waals surface area contributed by atoms with Crippen LogP contribution in [0.1, 0.15) is 65.2 Å². The molecule has 0 aliphatic carbocycles. The maximum Gasteiger partial charge on any atom is 0.310 e. The van der Waals surface area contributed by atoms with Crippen molar-refractivity contribution in [1.29, 1.82) is 0 Å². The standard InChI is InChI=1S/C16H29NO3/c1-3-5-6-7-8-11-15(18)17-12-9-10-14(13-17)16(19)20-4-2/h14H,3-13H2,1-2H3/t14-/m0/s1. The highest BCUT2D eigenvalue weighted by Crippen LogP contribution is 2.19. The number of hydrogen-bond donors (Lipinski definition) is 0. The van der Waals surface area contributed by atoms with Crippen LogP contribution in [-0.2, 0) is 14.3 Å². The van der Waals surface area contributed by atoms with Gasteiger partial charge in [-0.15, -0.1) is 0 Å². The zero-order valence-electron chi connectivity index (χ0n) is 13.0. The van der Waals surface area contributed by atoms with Crippen LogP contribution in [0.25, 0.3) is 0 Å². The predicted octanol–water partition coefficient (Wildman–Crippen LogP) is 3.15. The number of hydrogen-bond acceptors (Lipinski definition) is 3. The Balaban J connectivity index is 2.27. The lowest BCUT2D eigenvalue weighted by molar-refractivity contribution is -0.151. The van der Waals surface area contributed by atoms with E-state index in [1.807, 2.05) is 11.8 Å². The van der Waals surface area contributed by atoms with Crippen molar-refractivity contribution in [2.24, 2.45) is 5.92 Å². The van der Waals surface area contributed by atoms with Gasteiger partial charge in [-0.1, -0.05) is 32.6 Å². The number of unbranched alkanes of at least 4 members (excludes halogenated alkanes) is 4. The van der Waals surface area contributed by atoms with E-state index in [2.05, 4.69) is 6.92 Å². The second-order valence-electron chi connectivity index (χ2n) is 5.60.